The van der Waals surface area contributed by atoms with E-state index in [0.717, 1.165) is 32.0 Å². The fourth-order valence-corrected chi connectivity index (χ4v) is 5.88. The fraction of sp³-hybridized carbons (Fsp3) is 0.304. The van der Waals surface area contributed by atoms with Crippen molar-refractivity contribution < 1.29 is 4.79 Å². The van der Waals surface area contributed by atoms with E-state index in [9.17, 15) is 10.1 Å². The first-order valence-corrected chi connectivity index (χ1v) is 11.1. The van der Waals surface area contributed by atoms with Gasteiger partial charge in [0.1, 0.15) is 5.82 Å². The number of carbonyl (C=O) groups excluding carboxylic acids is 1. The van der Waals surface area contributed by atoms with Gasteiger partial charge in [-0.2, -0.15) is 5.26 Å². The molecule has 4 rings (SSSR count). The van der Waals surface area contributed by atoms with Crippen molar-refractivity contribution in [3.8, 4) is 6.07 Å². The summed E-state index contributed by atoms with van der Waals surface area (Å²) >= 11 is 5.05. The molecule has 4 nitrogen and oxygen atoms in total. The van der Waals surface area contributed by atoms with Crippen molar-refractivity contribution in [3.05, 3.63) is 73.3 Å². The Morgan fingerprint density at radius 1 is 1.28 bits per heavy atom. The van der Waals surface area contributed by atoms with E-state index in [1.165, 1.54) is 0 Å². The van der Waals surface area contributed by atoms with E-state index in [2.05, 4.69) is 35.8 Å². The van der Waals surface area contributed by atoms with Crippen molar-refractivity contribution in [1.82, 2.24) is 0 Å². The number of Topliss-reactive ketones (excluding diaryl/α,β-unsaturated/α-hetero) is 1. The van der Waals surface area contributed by atoms with Crippen LogP contribution in [0.25, 0.3) is 0 Å². The Bertz CT molecular complexity index is 1120. The van der Waals surface area contributed by atoms with E-state index in [1.54, 1.807) is 11.3 Å². The Morgan fingerprint density at radius 2 is 2.03 bits per heavy atom. The number of anilines is 1. The van der Waals surface area contributed by atoms with Gasteiger partial charge in [0.05, 0.1) is 21.3 Å². The predicted octanol–water partition coefficient (Wildman–Crippen LogP) is 5.76. The minimum absolute atomic E-state index is 0.101. The van der Waals surface area contributed by atoms with E-state index in [4.69, 9.17) is 5.73 Å². The number of nitrogens with two attached hydrogens (primary N) is 1. The first-order chi connectivity index (χ1) is 13.7. The average molecular weight is 468 g/mol. The third kappa shape index (κ3) is 3.43. The van der Waals surface area contributed by atoms with Crippen LogP contribution in [0, 0.1) is 23.7 Å². The summed E-state index contributed by atoms with van der Waals surface area (Å²) in [5.74, 6) is 0.108. The van der Waals surface area contributed by atoms with E-state index < -0.39 is 5.92 Å². The molecule has 148 valence electrons. The van der Waals surface area contributed by atoms with Gasteiger partial charge in [0.2, 0.25) is 0 Å². The quantitative estimate of drug-likeness (QED) is 0.609. The molecular formula is C23H22BrN3OS. The number of nitrogens with zero attached hydrogens (tertiary/aromatic N) is 2. The second kappa shape index (κ2) is 7.16. The highest BCUT2D eigenvalue weighted by molar-refractivity contribution is 9.11. The fourth-order valence-electron chi connectivity index (χ4n) is 4.34. The SMILES string of the molecule is Cc1cccc(N2C(N)=C(C#N)C(c3ccc(Br)s3)C3=C2CC(C)(C)CC3=O)c1. The van der Waals surface area contributed by atoms with E-state index in [1.807, 2.05) is 48.2 Å². The first kappa shape index (κ1) is 19.9. The molecule has 1 aliphatic heterocycles. The number of halogens is 1. The van der Waals surface area contributed by atoms with Crippen LogP contribution in [0.5, 0.6) is 0 Å². The van der Waals surface area contributed by atoms with Gasteiger partial charge < -0.3 is 5.73 Å². The molecule has 0 bridgehead atoms. The zero-order valence-electron chi connectivity index (χ0n) is 16.6. The molecule has 2 heterocycles. The number of thiophene rings is 1. The van der Waals surface area contributed by atoms with Crippen molar-refractivity contribution >= 4 is 38.7 Å². The molecule has 0 fully saturated rings. The molecule has 1 atom stereocenters. The summed E-state index contributed by atoms with van der Waals surface area (Å²) in [6.45, 7) is 6.24. The second-order valence-corrected chi connectivity index (χ2v) is 11.0. The number of aryl methyl sites for hydroxylation is 1. The van der Waals surface area contributed by atoms with Gasteiger partial charge in [-0.25, -0.2) is 0 Å². The molecule has 1 aromatic heterocycles. The lowest BCUT2D eigenvalue weighted by Crippen LogP contribution is -2.42. The number of rotatable bonds is 2. The molecule has 0 saturated heterocycles. The maximum absolute atomic E-state index is 13.4. The van der Waals surface area contributed by atoms with Crippen molar-refractivity contribution in [2.75, 3.05) is 4.90 Å². The number of ketones is 1. The van der Waals surface area contributed by atoms with Gasteiger partial charge in [-0.3, -0.25) is 9.69 Å². The van der Waals surface area contributed by atoms with Gasteiger partial charge in [-0.15, -0.1) is 11.3 Å². The Kier molecular flexibility index (Phi) is 4.92. The van der Waals surface area contributed by atoms with E-state index in [-0.39, 0.29) is 11.2 Å². The van der Waals surface area contributed by atoms with E-state index in [0.29, 0.717) is 23.4 Å². The summed E-state index contributed by atoms with van der Waals surface area (Å²) < 4.78 is 0.968. The monoisotopic (exact) mass is 467 g/mol. The van der Waals surface area contributed by atoms with Crippen LogP contribution in [0.2, 0.25) is 0 Å². The molecule has 1 unspecified atom stereocenters. The zero-order chi connectivity index (χ0) is 20.9. The highest BCUT2D eigenvalue weighted by Crippen LogP contribution is 2.51. The maximum Gasteiger partial charge on any atom is 0.162 e. The number of allylic oxidation sites excluding steroid dienone is 3. The van der Waals surface area contributed by atoms with Crippen LogP contribution in [-0.4, -0.2) is 5.78 Å². The number of benzene rings is 1. The number of carbonyl (C=O) groups is 1. The van der Waals surface area contributed by atoms with Gasteiger partial charge in [0.25, 0.3) is 0 Å². The van der Waals surface area contributed by atoms with Crippen LogP contribution in [0.4, 0.5) is 5.69 Å². The Morgan fingerprint density at radius 3 is 2.66 bits per heavy atom. The molecule has 6 heteroatoms. The topological polar surface area (TPSA) is 70.1 Å². The van der Waals surface area contributed by atoms with Gasteiger partial charge >= 0.3 is 0 Å². The molecule has 2 aromatic rings. The smallest absolute Gasteiger partial charge is 0.162 e. The van der Waals surface area contributed by atoms with Crippen LogP contribution in [0.1, 0.15) is 43.0 Å². The van der Waals surface area contributed by atoms with Crippen LogP contribution >= 0.6 is 27.3 Å². The molecule has 0 amide bonds. The maximum atomic E-state index is 13.4. The standard InChI is InChI=1S/C23H22BrN3OS/c1-13-5-4-6-14(9-13)27-16-10-23(2,3)11-17(28)21(16)20(15(12-25)22(27)26)18-7-8-19(24)29-18/h4-9,20H,10-11,26H2,1-3H3. The summed E-state index contributed by atoms with van der Waals surface area (Å²) in [5.41, 5.74) is 10.5. The molecule has 0 saturated carbocycles. The molecule has 0 radical (unpaired) electrons. The number of nitriles is 1. The molecule has 0 spiro atoms. The summed E-state index contributed by atoms with van der Waals surface area (Å²) in [6.07, 6.45) is 1.19. The van der Waals surface area contributed by atoms with Crippen molar-refractivity contribution in [2.24, 2.45) is 11.1 Å². The molecular weight excluding hydrogens is 446 g/mol. The lowest BCUT2D eigenvalue weighted by atomic mass is 9.69. The molecule has 1 aliphatic carbocycles. The first-order valence-electron chi connectivity index (χ1n) is 9.50. The summed E-state index contributed by atoms with van der Waals surface area (Å²) in [6, 6.07) is 14.3. The van der Waals surface area contributed by atoms with Crippen LogP contribution in [0.3, 0.4) is 0 Å². The van der Waals surface area contributed by atoms with Crippen LogP contribution in [-0.2, 0) is 4.79 Å². The molecule has 29 heavy (non-hydrogen) atoms. The number of hydrogen-bond donors (Lipinski definition) is 1. The van der Waals surface area contributed by atoms with Gasteiger partial charge in [-0.1, -0.05) is 26.0 Å². The molecule has 2 aliphatic rings. The second-order valence-electron chi connectivity index (χ2n) is 8.46. The normalized spacial score (nSPS) is 21.3. The highest BCUT2D eigenvalue weighted by Gasteiger charge is 2.45. The highest BCUT2D eigenvalue weighted by atomic mass is 79.9. The van der Waals surface area contributed by atoms with Crippen LogP contribution < -0.4 is 10.6 Å². The average Bonchev–Trinajstić information content (AvgIpc) is 3.05. The lowest BCUT2D eigenvalue weighted by Gasteiger charge is -2.43. The predicted molar refractivity (Wildman–Crippen MR) is 120 cm³/mol. The minimum Gasteiger partial charge on any atom is -0.384 e. The van der Waals surface area contributed by atoms with E-state index >= 15 is 0 Å². The third-order valence-corrected chi connectivity index (χ3v) is 7.21. The minimum atomic E-state index is -0.407. The van der Waals surface area contributed by atoms with Gasteiger partial charge in [0.15, 0.2) is 5.78 Å². The van der Waals surface area contributed by atoms with Crippen molar-refractivity contribution in [2.45, 2.75) is 39.5 Å². The summed E-state index contributed by atoms with van der Waals surface area (Å²) in [4.78, 5) is 16.3. The van der Waals surface area contributed by atoms with Crippen molar-refractivity contribution in [3.63, 3.8) is 0 Å². The Labute approximate surface area is 183 Å². The Balaban J connectivity index is 2.00. The number of hydrogen-bond acceptors (Lipinski definition) is 5. The molecule has 2 N–H and O–H groups in total. The Hall–Kier alpha value is -2.36. The largest absolute Gasteiger partial charge is 0.384 e. The van der Waals surface area contributed by atoms with Gasteiger partial charge in [-0.05, 0) is 64.5 Å². The third-order valence-electron chi connectivity index (χ3n) is 5.52. The van der Waals surface area contributed by atoms with Crippen molar-refractivity contribution in [1.29, 1.82) is 5.26 Å². The summed E-state index contributed by atoms with van der Waals surface area (Å²) in [7, 11) is 0. The zero-order valence-corrected chi connectivity index (χ0v) is 19.0. The summed E-state index contributed by atoms with van der Waals surface area (Å²) in [5, 5.41) is 10.0. The molecule has 1 aromatic carbocycles. The van der Waals surface area contributed by atoms with Crippen LogP contribution in [0.15, 0.2) is 62.8 Å². The van der Waals surface area contributed by atoms with Gasteiger partial charge in [0, 0.05) is 28.3 Å². The lowest BCUT2D eigenvalue weighted by molar-refractivity contribution is -0.118.